The van der Waals surface area contributed by atoms with Gasteiger partial charge in [-0.2, -0.15) is 0 Å². The van der Waals surface area contributed by atoms with Crippen LogP contribution in [0.25, 0.3) is 0 Å². The molecular formula is C10H19ClHgO. The quantitative estimate of drug-likeness (QED) is 0.681. The molecule has 1 rings (SSSR count). The Kier molecular flexibility index (Phi) is 4.53. The summed E-state index contributed by atoms with van der Waals surface area (Å²) in [6.07, 6.45) is 3.30. The fraction of sp³-hybridized carbons (Fsp3) is 1.00. The van der Waals surface area contributed by atoms with Crippen LogP contribution in [-0.2, 0) is 23.3 Å². The SMILES string of the molecule is CC(C)(C)[C@H]1CC[C@@H](O)[C@H]([Hg][Cl])C1. The van der Waals surface area contributed by atoms with Gasteiger partial charge in [0.1, 0.15) is 0 Å². The van der Waals surface area contributed by atoms with E-state index in [4.69, 9.17) is 8.25 Å². The van der Waals surface area contributed by atoms with Crippen LogP contribution < -0.4 is 0 Å². The minimum atomic E-state index is -1.24. The van der Waals surface area contributed by atoms with E-state index in [-0.39, 0.29) is 6.10 Å². The summed E-state index contributed by atoms with van der Waals surface area (Å²) in [5, 5.41) is 9.72. The van der Waals surface area contributed by atoms with Crippen LogP contribution >= 0.6 is 8.25 Å². The van der Waals surface area contributed by atoms with Gasteiger partial charge in [0, 0.05) is 0 Å². The number of aliphatic hydroxyl groups is 1. The second kappa shape index (κ2) is 4.80. The molecule has 74 valence electrons. The summed E-state index contributed by atoms with van der Waals surface area (Å²) in [5.74, 6) is 0.777. The summed E-state index contributed by atoms with van der Waals surface area (Å²) in [4.78, 5) is 0. The Morgan fingerprint density at radius 3 is 2.38 bits per heavy atom. The Morgan fingerprint density at radius 1 is 1.31 bits per heavy atom. The van der Waals surface area contributed by atoms with Gasteiger partial charge in [0.15, 0.2) is 0 Å². The molecule has 0 saturated heterocycles. The van der Waals surface area contributed by atoms with Gasteiger partial charge in [-0.25, -0.2) is 0 Å². The van der Waals surface area contributed by atoms with Crippen molar-refractivity contribution in [2.24, 2.45) is 11.3 Å². The van der Waals surface area contributed by atoms with Crippen LogP contribution in [0.4, 0.5) is 0 Å². The molecule has 0 aromatic carbocycles. The topological polar surface area (TPSA) is 20.2 Å². The zero-order valence-electron chi connectivity index (χ0n) is 8.89. The van der Waals surface area contributed by atoms with E-state index >= 15 is 0 Å². The number of rotatable bonds is 1. The van der Waals surface area contributed by atoms with E-state index in [1.54, 1.807) is 0 Å². The number of halogens is 1. The van der Waals surface area contributed by atoms with E-state index in [9.17, 15) is 5.11 Å². The fourth-order valence-electron chi connectivity index (χ4n) is 2.20. The zero-order valence-corrected chi connectivity index (χ0v) is 15.1. The molecule has 1 aliphatic rings. The predicted molar refractivity (Wildman–Crippen MR) is 52.4 cm³/mol. The monoisotopic (exact) mass is 392 g/mol. The van der Waals surface area contributed by atoms with Crippen molar-refractivity contribution in [3.8, 4) is 0 Å². The zero-order chi connectivity index (χ0) is 10.1. The molecule has 0 heterocycles. The molecule has 0 amide bonds. The molecule has 0 aromatic heterocycles. The molecule has 0 aromatic rings. The van der Waals surface area contributed by atoms with Gasteiger partial charge in [-0.15, -0.1) is 0 Å². The van der Waals surface area contributed by atoms with Crippen molar-refractivity contribution in [2.75, 3.05) is 0 Å². The van der Waals surface area contributed by atoms with E-state index in [2.05, 4.69) is 20.8 Å². The average molecular weight is 391 g/mol. The van der Waals surface area contributed by atoms with Gasteiger partial charge in [-0.3, -0.25) is 0 Å². The molecular weight excluding hydrogens is 372 g/mol. The van der Waals surface area contributed by atoms with Crippen molar-refractivity contribution in [2.45, 2.75) is 49.6 Å². The van der Waals surface area contributed by atoms with Crippen molar-refractivity contribution < 1.29 is 28.4 Å². The van der Waals surface area contributed by atoms with Gasteiger partial charge < -0.3 is 0 Å². The molecule has 0 radical (unpaired) electrons. The van der Waals surface area contributed by atoms with Crippen LogP contribution in [0.1, 0.15) is 40.0 Å². The third-order valence-electron chi connectivity index (χ3n) is 3.37. The van der Waals surface area contributed by atoms with Crippen LogP contribution in [0, 0.1) is 11.3 Å². The van der Waals surface area contributed by atoms with Gasteiger partial charge in [0.2, 0.25) is 0 Å². The fourth-order valence-corrected chi connectivity index (χ4v) is 8.88. The predicted octanol–water partition coefficient (Wildman–Crippen LogP) is 3.22. The van der Waals surface area contributed by atoms with Crippen molar-refractivity contribution >= 4 is 8.25 Å². The van der Waals surface area contributed by atoms with Crippen molar-refractivity contribution in [1.29, 1.82) is 0 Å². The first-order valence-electron chi connectivity index (χ1n) is 5.19. The van der Waals surface area contributed by atoms with Crippen LogP contribution in [0.15, 0.2) is 0 Å². The molecule has 0 bridgehead atoms. The van der Waals surface area contributed by atoms with Crippen LogP contribution in [-0.4, -0.2) is 11.2 Å². The van der Waals surface area contributed by atoms with E-state index in [0.29, 0.717) is 8.84 Å². The molecule has 1 fully saturated rings. The summed E-state index contributed by atoms with van der Waals surface area (Å²) >= 11 is -1.24. The third kappa shape index (κ3) is 3.35. The molecule has 3 heteroatoms. The van der Waals surface area contributed by atoms with Crippen molar-refractivity contribution in [3.05, 3.63) is 0 Å². The van der Waals surface area contributed by atoms with Crippen LogP contribution in [0.3, 0.4) is 0 Å². The number of hydrogen-bond acceptors (Lipinski definition) is 1. The molecule has 1 N–H and O–H groups in total. The molecule has 0 unspecified atom stereocenters. The Hall–Kier alpha value is 1.19. The number of aliphatic hydroxyl groups excluding tert-OH is 1. The molecule has 3 atom stereocenters. The van der Waals surface area contributed by atoms with Gasteiger partial charge in [0.05, 0.1) is 0 Å². The maximum absolute atomic E-state index is 9.72. The molecule has 1 nitrogen and oxygen atoms in total. The van der Waals surface area contributed by atoms with Gasteiger partial charge in [-0.05, 0) is 0 Å². The van der Waals surface area contributed by atoms with Crippen molar-refractivity contribution in [1.82, 2.24) is 0 Å². The van der Waals surface area contributed by atoms with E-state index in [1.165, 1.54) is 12.8 Å². The standard InChI is InChI=1S/C10H19O.ClH.Hg/c1-10(2,3)8-4-6-9(11)7-5-8;;/h6,8-9,11H,4-5,7H2,1-3H3;1H;/q;;+1/p-1/t8-,9+;;/m1../s1. The van der Waals surface area contributed by atoms with Gasteiger partial charge >= 0.3 is 97.6 Å². The van der Waals surface area contributed by atoms with Crippen molar-refractivity contribution in [3.63, 3.8) is 0 Å². The van der Waals surface area contributed by atoms with E-state index in [1.807, 2.05) is 0 Å². The number of hydrogen-bond donors (Lipinski definition) is 1. The summed E-state index contributed by atoms with van der Waals surface area (Å²) in [5.41, 5.74) is 0.401. The summed E-state index contributed by atoms with van der Waals surface area (Å²) in [7, 11) is 6.05. The van der Waals surface area contributed by atoms with E-state index in [0.717, 1.165) is 12.3 Å². The summed E-state index contributed by atoms with van der Waals surface area (Å²) in [6, 6.07) is 0. The molecule has 1 saturated carbocycles. The average Bonchev–Trinajstić information content (AvgIpc) is 2.03. The molecule has 1 aliphatic carbocycles. The maximum atomic E-state index is 9.72. The first kappa shape index (κ1) is 12.3. The summed E-state index contributed by atoms with van der Waals surface area (Å²) in [6.45, 7) is 6.91. The first-order chi connectivity index (χ1) is 5.95. The molecule has 0 spiro atoms. The minimum absolute atomic E-state index is 0.0576. The van der Waals surface area contributed by atoms with Crippen LogP contribution in [0.2, 0.25) is 3.43 Å². The third-order valence-corrected chi connectivity index (χ3v) is 11.8. The molecule has 0 aliphatic heterocycles. The Bertz CT molecular complexity index is 167. The molecule has 13 heavy (non-hydrogen) atoms. The Balaban J connectivity index is 2.55. The van der Waals surface area contributed by atoms with Crippen LogP contribution in [0.5, 0.6) is 0 Å². The van der Waals surface area contributed by atoms with Gasteiger partial charge in [0.25, 0.3) is 0 Å². The van der Waals surface area contributed by atoms with E-state index < -0.39 is 23.3 Å². The van der Waals surface area contributed by atoms with Gasteiger partial charge in [-0.1, -0.05) is 0 Å². The summed E-state index contributed by atoms with van der Waals surface area (Å²) < 4.78 is 0.541. The Labute approximate surface area is 97.1 Å². The first-order valence-corrected chi connectivity index (χ1v) is 15.1. The normalized spacial score (nSPS) is 35.6. The second-order valence-corrected chi connectivity index (χ2v) is 13.3. The second-order valence-electron chi connectivity index (χ2n) is 5.36. The Morgan fingerprint density at radius 2 is 1.92 bits per heavy atom.